The van der Waals surface area contributed by atoms with Crippen molar-refractivity contribution in [1.29, 1.82) is 0 Å². The predicted octanol–water partition coefficient (Wildman–Crippen LogP) is 3.49. The fourth-order valence-electron chi connectivity index (χ4n) is 2.38. The second kappa shape index (κ2) is 9.25. The van der Waals surface area contributed by atoms with Crippen LogP contribution in [0.15, 0.2) is 47.6 Å². The van der Waals surface area contributed by atoms with Crippen LogP contribution in [0, 0.1) is 0 Å². The monoisotopic (exact) mass is 356 g/mol. The number of aliphatic hydroxyl groups is 1. The summed E-state index contributed by atoms with van der Waals surface area (Å²) in [6.45, 7) is 7.55. The minimum atomic E-state index is 0.0458. The van der Waals surface area contributed by atoms with Crippen molar-refractivity contribution in [2.24, 2.45) is 5.10 Å². The Bertz CT molecular complexity index is 719. The number of rotatable bonds is 8. The largest absolute Gasteiger partial charge is 0.493 e. The number of ether oxygens (including phenoxy) is 2. The molecule has 0 aromatic heterocycles. The van der Waals surface area contributed by atoms with E-state index in [2.05, 4.69) is 55.6 Å². The Morgan fingerprint density at radius 1 is 1.08 bits per heavy atom. The van der Waals surface area contributed by atoms with Gasteiger partial charge in [0, 0.05) is 0 Å². The number of aliphatic hydroxyl groups excluding tert-OH is 1. The third-order valence-electron chi connectivity index (χ3n) is 3.93. The van der Waals surface area contributed by atoms with Gasteiger partial charge in [0.1, 0.15) is 6.61 Å². The summed E-state index contributed by atoms with van der Waals surface area (Å²) >= 11 is 0. The number of hydrogen-bond acceptors (Lipinski definition) is 5. The fraction of sp³-hybridized carbons (Fsp3) is 0.381. The van der Waals surface area contributed by atoms with Gasteiger partial charge in [0.05, 0.1) is 26.5 Å². The summed E-state index contributed by atoms with van der Waals surface area (Å²) < 4.78 is 11.3. The molecule has 0 amide bonds. The Balaban J connectivity index is 2.01. The fourth-order valence-corrected chi connectivity index (χ4v) is 2.38. The lowest BCUT2D eigenvalue weighted by atomic mass is 9.87. The first-order valence-electron chi connectivity index (χ1n) is 8.71. The van der Waals surface area contributed by atoms with Crippen molar-refractivity contribution in [3.05, 3.63) is 59.2 Å². The molecular weight excluding hydrogens is 328 g/mol. The number of nitrogens with one attached hydrogen (secondary N) is 1. The highest BCUT2D eigenvalue weighted by atomic mass is 16.5. The molecule has 0 radical (unpaired) electrons. The maximum atomic E-state index is 8.72. The molecule has 0 fully saturated rings. The molecule has 2 N–H and O–H groups in total. The SMILES string of the molecule is COc1cc(C=NNCCO)ccc1OCc1ccc(C(C)(C)C)cc1. The lowest BCUT2D eigenvalue weighted by Crippen LogP contribution is -2.11. The van der Waals surface area contributed by atoms with Gasteiger partial charge in [0.2, 0.25) is 0 Å². The first-order chi connectivity index (χ1) is 12.4. The first-order valence-corrected chi connectivity index (χ1v) is 8.71. The van der Waals surface area contributed by atoms with E-state index >= 15 is 0 Å². The summed E-state index contributed by atoms with van der Waals surface area (Å²) in [7, 11) is 1.62. The summed E-state index contributed by atoms with van der Waals surface area (Å²) in [5, 5.41) is 12.7. The molecule has 0 unspecified atom stereocenters. The summed E-state index contributed by atoms with van der Waals surface area (Å²) in [6, 6.07) is 14.1. The van der Waals surface area contributed by atoms with Crippen LogP contribution in [0.4, 0.5) is 0 Å². The highest BCUT2D eigenvalue weighted by Crippen LogP contribution is 2.29. The Kier molecular flexibility index (Phi) is 7.04. The van der Waals surface area contributed by atoms with Gasteiger partial charge in [-0.2, -0.15) is 5.10 Å². The van der Waals surface area contributed by atoms with E-state index in [9.17, 15) is 0 Å². The number of hydrogen-bond donors (Lipinski definition) is 2. The zero-order valence-electron chi connectivity index (χ0n) is 16.0. The minimum absolute atomic E-state index is 0.0458. The van der Waals surface area contributed by atoms with Crippen molar-refractivity contribution in [1.82, 2.24) is 5.43 Å². The van der Waals surface area contributed by atoms with E-state index in [1.807, 2.05) is 18.2 Å². The van der Waals surface area contributed by atoms with Gasteiger partial charge in [-0.05, 0) is 40.3 Å². The van der Waals surface area contributed by atoms with Gasteiger partial charge in [-0.1, -0.05) is 45.0 Å². The van der Waals surface area contributed by atoms with E-state index in [-0.39, 0.29) is 12.0 Å². The zero-order valence-corrected chi connectivity index (χ0v) is 16.0. The average Bonchev–Trinajstić information content (AvgIpc) is 2.63. The van der Waals surface area contributed by atoms with E-state index in [1.165, 1.54) is 5.56 Å². The third-order valence-corrected chi connectivity index (χ3v) is 3.93. The second-order valence-electron chi connectivity index (χ2n) is 7.04. The van der Waals surface area contributed by atoms with E-state index in [1.54, 1.807) is 13.3 Å². The van der Waals surface area contributed by atoms with Gasteiger partial charge in [-0.25, -0.2) is 0 Å². The zero-order chi connectivity index (χ0) is 19.0. The molecular formula is C21H28N2O3. The molecule has 0 bridgehead atoms. The number of benzene rings is 2. The van der Waals surface area contributed by atoms with Crippen LogP contribution in [-0.2, 0) is 12.0 Å². The predicted molar refractivity (Wildman–Crippen MR) is 105 cm³/mol. The lowest BCUT2D eigenvalue weighted by Gasteiger charge is -2.19. The molecule has 2 rings (SSSR count). The first kappa shape index (κ1) is 19.8. The molecule has 26 heavy (non-hydrogen) atoms. The van der Waals surface area contributed by atoms with Crippen molar-refractivity contribution >= 4 is 6.21 Å². The van der Waals surface area contributed by atoms with Crippen LogP contribution in [0.5, 0.6) is 11.5 Å². The molecule has 2 aromatic rings. The van der Waals surface area contributed by atoms with Crippen LogP contribution in [0.1, 0.15) is 37.5 Å². The van der Waals surface area contributed by atoms with Crippen LogP contribution < -0.4 is 14.9 Å². The topological polar surface area (TPSA) is 63.1 Å². The summed E-state index contributed by atoms with van der Waals surface area (Å²) in [6.07, 6.45) is 1.67. The van der Waals surface area contributed by atoms with E-state index in [0.717, 1.165) is 11.1 Å². The van der Waals surface area contributed by atoms with Gasteiger partial charge in [0.15, 0.2) is 11.5 Å². The molecule has 0 saturated heterocycles. The van der Waals surface area contributed by atoms with Crippen LogP contribution >= 0.6 is 0 Å². The second-order valence-corrected chi connectivity index (χ2v) is 7.04. The Hall–Kier alpha value is -2.53. The Labute approximate surface area is 155 Å². The van der Waals surface area contributed by atoms with E-state index in [0.29, 0.717) is 24.7 Å². The number of methoxy groups -OCH3 is 1. The van der Waals surface area contributed by atoms with Crippen molar-refractivity contribution in [3.63, 3.8) is 0 Å². The average molecular weight is 356 g/mol. The number of nitrogens with zero attached hydrogens (tertiary/aromatic N) is 1. The third kappa shape index (κ3) is 5.77. The minimum Gasteiger partial charge on any atom is -0.493 e. The maximum absolute atomic E-state index is 8.72. The Morgan fingerprint density at radius 2 is 1.81 bits per heavy atom. The molecule has 2 aromatic carbocycles. The van der Waals surface area contributed by atoms with Crippen LogP contribution in [0.25, 0.3) is 0 Å². The van der Waals surface area contributed by atoms with Gasteiger partial charge in [0.25, 0.3) is 0 Å². The maximum Gasteiger partial charge on any atom is 0.161 e. The summed E-state index contributed by atoms with van der Waals surface area (Å²) in [5.41, 5.74) is 6.19. The molecule has 0 aliphatic heterocycles. The highest BCUT2D eigenvalue weighted by molar-refractivity contribution is 5.80. The van der Waals surface area contributed by atoms with Crippen molar-refractivity contribution in [2.45, 2.75) is 32.8 Å². The summed E-state index contributed by atoms with van der Waals surface area (Å²) in [5.74, 6) is 1.34. The molecule has 0 aliphatic rings. The number of hydrazone groups is 1. The van der Waals surface area contributed by atoms with Gasteiger partial charge < -0.3 is 20.0 Å². The van der Waals surface area contributed by atoms with Crippen LogP contribution in [-0.4, -0.2) is 31.6 Å². The molecule has 0 heterocycles. The molecule has 0 aliphatic carbocycles. The summed E-state index contributed by atoms with van der Waals surface area (Å²) in [4.78, 5) is 0. The normalized spacial score (nSPS) is 11.6. The van der Waals surface area contributed by atoms with Gasteiger partial charge in [-0.15, -0.1) is 0 Å². The van der Waals surface area contributed by atoms with Crippen LogP contribution in [0.2, 0.25) is 0 Å². The van der Waals surface area contributed by atoms with Crippen molar-refractivity contribution < 1.29 is 14.6 Å². The van der Waals surface area contributed by atoms with Crippen molar-refractivity contribution in [3.8, 4) is 11.5 Å². The van der Waals surface area contributed by atoms with E-state index in [4.69, 9.17) is 14.6 Å². The molecule has 140 valence electrons. The Morgan fingerprint density at radius 3 is 2.42 bits per heavy atom. The standard InChI is InChI=1S/C21H28N2O3/c1-21(2,3)18-8-5-16(6-9-18)15-26-19-10-7-17(13-20(19)25-4)14-23-22-11-12-24/h5-10,13-14,22,24H,11-12,15H2,1-4H3. The molecule has 0 atom stereocenters. The van der Waals surface area contributed by atoms with Gasteiger partial charge in [-0.3, -0.25) is 0 Å². The van der Waals surface area contributed by atoms with E-state index < -0.39 is 0 Å². The van der Waals surface area contributed by atoms with Gasteiger partial charge >= 0.3 is 0 Å². The highest BCUT2D eigenvalue weighted by Gasteiger charge is 2.13. The molecule has 0 saturated carbocycles. The van der Waals surface area contributed by atoms with Crippen molar-refractivity contribution in [2.75, 3.05) is 20.3 Å². The van der Waals surface area contributed by atoms with Crippen LogP contribution in [0.3, 0.4) is 0 Å². The smallest absolute Gasteiger partial charge is 0.161 e. The molecule has 5 nitrogen and oxygen atoms in total. The lowest BCUT2D eigenvalue weighted by molar-refractivity contribution is 0.284. The quantitative estimate of drug-likeness (QED) is 0.432. The molecule has 0 spiro atoms. The molecule has 5 heteroatoms.